The van der Waals surface area contributed by atoms with Crippen molar-refractivity contribution in [3.8, 4) is 0 Å². The summed E-state index contributed by atoms with van der Waals surface area (Å²) >= 11 is 0. The van der Waals surface area contributed by atoms with Gasteiger partial charge in [-0.2, -0.15) is 5.10 Å². The lowest BCUT2D eigenvalue weighted by molar-refractivity contribution is 0.0943. The summed E-state index contributed by atoms with van der Waals surface area (Å²) in [6.45, 7) is 5.57. The molecule has 1 aromatic rings. The SMILES string of the molecule is Cc1nn(C)c(N)c1C(=O)NC(C)C. The molecule has 5 heteroatoms. The van der Waals surface area contributed by atoms with Crippen LogP contribution in [0.15, 0.2) is 0 Å². The molecular weight excluding hydrogens is 180 g/mol. The number of rotatable bonds is 2. The number of hydrogen-bond acceptors (Lipinski definition) is 3. The molecule has 14 heavy (non-hydrogen) atoms. The van der Waals surface area contributed by atoms with Gasteiger partial charge in [0.15, 0.2) is 0 Å². The van der Waals surface area contributed by atoms with E-state index in [2.05, 4.69) is 10.4 Å². The summed E-state index contributed by atoms with van der Waals surface area (Å²) in [6, 6.07) is 0.0986. The third-order valence-corrected chi connectivity index (χ3v) is 1.91. The highest BCUT2D eigenvalue weighted by molar-refractivity contribution is 5.99. The molecule has 0 saturated carbocycles. The molecule has 0 aliphatic rings. The quantitative estimate of drug-likeness (QED) is 0.721. The lowest BCUT2D eigenvalue weighted by atomic mass is 10.2. The first-order chi connectivity index (χ1) is 6.43. The maximum absolute atomic E-state index is 11.7. The first-order valence-electron chi connectivity index (χ1n) is 4.53. The monoisotopic (exact) mass is 196 g/mol. The summed E-state index contributed by atoms with van der Waals surface area (Å²) in [5.74, 6) is 0.240. The molecule has 0 bridgehead atoms. The standard InChI is InChI=1S/C9H16N4O/c1-5(2)11-9(14)7-6(3)12-13(4)8(7)10/h5H,10H2,1-4H3,(H,11,14). The number of nitrogens with zero attached hydrogens (tertiary/aromatic N) is 2. The Kier molecular flexibility index (Phi) is 2.78. The minimum atomic E-state index is -0.164. The zero-order valence-corrected chi connectivity index (χ0v) is 8.96. The van der Waals surface area contributed by atoms with E-state index < -0.39 is 0 Å². The number of carbonyl (C=O) groups excluding carboxylic acids is 1. The van der Waals surface area contributed by atoms with E-state index in [1.807, 2.05) is 13.8 Å². The second-order valence-corrected chi connectivity index (χ2v) is 3.60. The van der Waals surface area contributed by atoms with Crippen molar-refractivity contribution < 1.29 is 4.79 Å². The van der Waals surface area contributed by atoms with E-state index >= 15 is 0 Å². The smallest absolute Gasteiger partial charge is 0.257 e. The van der Waals surface area contributed by atoms with Crippen LogP contribution < -0.4 is 11.1 Å². The summed E-state index contributed by atoms with van der Waals surface area (Å²) in [7, 11) is 1.72. The van der Waals surface area contributed by atoms with E-state index in [-0.39, 0.29) is 11.9 Å². The number of anilines is 1. The molecular formula is C9H16N4O. The van der Waals surface area contributed by atoms with Crippen LogP contribution in [-0.2, 0) is 7.05 Å². The molecule has 78 valence electrons. The average Bonchev–Trinajstić information content (AvgIpc) is 2.25. The second kappa shape index (κ2) is 3.69. The predicted octanol–water partition coefficient (Wildman–Crippen LogP) is 0.449. The lowest BCUT2D eigenvalue weighted by Gasteiger charge is -2.07. The van der Waals surface area contributed by atoms with Gasteiger partial charge in [0.2, 0.25) is 0 Å². The predicted molar refractivity (Wildman–Crippen MR) is 55.0 cm³/mol. The number of aryl methyl sites for hydroxylation is 2. The molecule has 3 N–H and O–H groups in total. The number of nitrogens with one attached hydrogen (secondary N) is 1. The highest BCUT2D eigenvalue weighted by Crippen LogP contribution is 2.14. The zero-order chi connectivity index (χ0) is 10.9. The second-order valence-electron chi connectivity index (χ2n) is 3.60. The Labute approximate surface area is 83.3 Å². The number of hydrogen-bond donors (Lipinski definition) is 2. The van der Waals surface area contributed by atoms with Crippen molar-refractivity contribution in [1.29, 1.82) is 0 Å². The van der Waals surface area contributed by atoms with Crippen molar-refractivity contribution in [2.24, 2.45) is 7.05 Å². The van der Waals surface area contributed by atoms with Crippen LogP contribution in [0, 0.1) is 6.92 Å². The minimum absolute atomic E-state index is 0.0986. The highest BCUT2D eigenvalue weighted by Gasteiger charge is 2.18. The molecule has 1 rings (SSSR count). The fraction of sp³-hybridized carbons (Fsp3) is 0.556. The molecule has 1 aromatic heterocycles. The number of aromatic nitrogens is 2. The van der Waals surface area contributed by atoms with Crippen LogP contribution in [0.25, 0.3) is 0 Å². The van der Waals surface area contributed by atoms with Gasteiger partial charge in [-0.3, -0.25) is 9.48 Å². The van der Waals surface area contributed by atoms with Gasteiger partial charge in [0.1, 0.15) is 11.4 Å². The normalized spacial score (nSPS) is 10.6. The van der Waals surface area contributed by atoms with Gasteiger partial charge in [-0.1, -0.05) is 0 Å². The highest BCUT2D eigenvalue weighted by atomic mass is 16.1. The first-order valence-corrected chi connectivity index (χ1v) is 4.53. The fourth-order valence-electron chi connectivity index (χ4n) is 1.29. The largest absolute Gasteiger partial charge is 0.383 e. The Morgan fingerprint density at radius 3 is 2.50 bits per heavy atom. The lowest BCUT2D eigenvalue weighted by Crippen LogP contribution is -2.30. The third-order valence-electron chi connectivity index (χ3n) is 1.91. The van der Waals surface area contributed by atoms with Gasteiger partial charge in [-0.15, -0.1) is 0 Å². The third kappa shape index (κ3) is 1.86. The Hall–Kier alpha value is -1.52. The van der Waals surface area contributed by atoms with Gasteiger partial charge in [-0.05, 0) is 20.8 Å². The molecule has 0 fully saturated rings. The van der Waals surface area contributed by atoms with E-state index in [9.17, 15) is 4.79 Å². The summed E-state index contributed by atoms with van der Waals surface area (Å²) < 4.78 is 1.50. The topological polar surface area (TPSA) is 72.9 Å². The van der Waals surface area contributed by atoms with E-state index in [0.29, 0.717) is 17.1 Å². The fourth-order valence-corrected chi connectivity index (χ4v) is 1.29. The van der Waals surface area contributed by atoms with Crippen molar-refractivity contribution in [2.75, 3.05) is 5.73 Å². The van der Waals surface area contributed by atoms with E-state index in [1.165, 1.54) is 4.68 Å². The Morgan fingerprint density at radius 2 is 2.14 bits per heavy atom. The number of carbonyl (C=O) groups is 1. The van der Waals surface area contributed by atoms with Crippen LogP contribution in [0.1, 0.15) is 29.9 Å². The van der Waals surface area contributed by atoms with Crippen LogP contribution >= 0.6 is 0 Å². The number of nitrogens with two attached hydrogens (primary N) is 1. The minimum Gasteiger partial charge on any atom is -0.383 e. The van der Waals surface area contributed by atoms with Crippen molar-refractivity contribution in [3.63, 3.8) is 0 Å². The molecule has 0 radical (unpaired) electrons. The van der Waals surface area contributed by atoms with Crippen LogP contribution in [0.4, 0.5) is 5.82 Å². The molecule has 1 amide bonds. The molecule has 0 saturated heterocycles. The first kappa shape index (κ1) is 10.6. The molecule has 0 aliphatic carbocycles. The molecule has 1 heterocycles. The number of amides is 1. The maximum atomic E-state index is 11.7. The van der Waals surface area contributed by atoms with Gasteiger partial charge >= 0.3 is 0 Å². The Morgan fingerprint density at radius 1 is 1.57 bits per heavy atom. The molecule has 0 unspecified atom stereocenters. The van der Waals surface area contributed by atoms with Crippen LogP contribution in [0.3, 0.4) is 0 Å². The molecule has 0 atom stereocenters. The average molecular weight is 196 g/mol. The van der Waals surface area contributed by atoms with Crippen molar-refractivity contribution in [2.45, 2.75) is 26.8 Å². The van der Waals surface area contributed by atoms with Crippen molar-refractivity contribution >= 4 is 11.7 Å². The van der Waals surface area contributed by atoms with Gasteiger partial charge in [0, 0.05) is 13.1 Å². The van der Waals surface area contributed by atoms with Crippen LogP contribution in [-0.4, -0.2) is 21.7 Å². The molecule has 5 nitrogen and oxygen atoms in total. The van der Waals surface area contributed by atoms with Gasteiger partial charge in [0.05, 0.1) is 5.69 Å². The molecule has 0 spiro atoms. The maximum Gasteiger partial charge on any atom is 0.257 e. The van der Waals surface area contributed by atoms with Crippen molar-refractivity contribution in [3.05, 3.63) is 11.3 Å². The molecule has 0 aliphatic heterocycles. The summed E-state index contributed by atoms with van der Waals surface area (Å²) in [5, 5.41) is 6.85. The van der Waals surface area contributed by atoms with Crippen LogP contribution in [0.5, 0.6) is 0 Å². The van der Waals surface area contributed by atoms with Gasteiger partial charge in [0.25, 0.3) is 5.91 Å². The van der Waals surface area contributed by atoms with Gasteiger partial charge < -0.3 is 11.1 Å². The number of nitrogen functional groups attached to an aromatic ring is 1. The van der Waals surface area contributed by atoms with Crippen molar-refractivity contribution in [1.82, 2.24) is 15.1 Å². The summed E-state index contributed by atoms with van der Waals surface area (Å²) in [5.41, 5.74) is 6.85. The molecule has 0 aromatic carbocycles. The Bertz CT molecular complexity index is 354. The van der Waals surface area contributed by atoms with E-state index in [0.717, 1.165) is 0 Å². The van der Waals surface area contributed by atoms with E-state index in [1.54, 1.807) is 14.0 Å². The van der Waals surface area contributed by atoms with Crippen LogP contribution in [0.2, 0.25) is 0 Å². The Balaban J connectivity index is 3.00. The summed E-state index contributed by atoms with van der Waals surface area (Å²) in [4.78, 5) is 11.7. The van der Waals surface area contributed by atoms with E-state index in [4.69, 9.17) is 5.73 Å². The van der Waals surface area contributed by atoms with Gasteiger partial charge in [-0.25, -0.2) is 0 Å². The summed E-state index contributed by atoms with van der Waals surface area (Å²) in [6.07, 6.45) is 0. The zero-order valence-electron chi connectivity index (χ0n) is 8.96.